The third kappa shape index (κ3) is 2.15. The molecule has 2 aliphatic rings. The summed E-state index contributed by atoms with van der Waals surface area (Å²) in [5.41, 5.74) is 1.67. The second kappa shape index (κ2) is 4.73. The zero-order chi connectivity index (χ0) is 12.4. The lowest BCUT2D eigenvalue weighted by Crippen LogP contribution is -2.45. The van der Waals surface area contributed by atoms with Crippen molar-refractivity contribution >= 4 is 6.41 Å². The Kier molecular flexibility index (Phi) is 3.08. The van der Waals surface area contributed by atoms with Gasteiger partial charge in [-0.3, -0.25) is 10.1 Å². The monoisotopic (exact) mass is 244 g/mol. The molecule has 1 aromatic carbocycles. The van der Waals surface area contributed by atoms with E-state index in [2.05, 4.69) is 35.6 Å². The molecule has 0 unspecified atom stereocenters. The quantitative estimate of drug-likeness (QED) is 0.808. The Hall–Kier alpha value is -1.35. The van der Waals surface area contributed by atoms with Crippen LogP contribution in [-0.4, -0.2) is 30.1 Å². The van der Waals surface area contributed by atoms with Gasteiger partial charge in [-0.1, -0.05) is 30.3 Å². The van der Waals surface area contributed by atoms with Crippen LogP contribution in [0.5, 0.6) is 0 Å². The second-order valence-electron chi connectivity index (χ2n) is 5.65. The van der Waals surface area contributed by atoms with Gasteiger partial charge in [0.05, 0.1) is 6.67 Å². The maximum absolute atomic E-state index is 10.8. The van der Waals surface area contributed by atoms with Crippen molar-refractivity contribution in [2.24, 2.45) is 0 Å². The van der Waals surface area contributed by atoms with Gasteiger partial charge in [0.15, 0.2) is 0 Å². The molecule has 1 saturated heterocycles. The predicted octanol–water partition coefficient (Wildman–Crippen LogP) is 2.10. The fourth-order valence-electron chi connectivity index (χ4n) is 3.41. The van der Waals surface area contributed by atoms with Gasteiger partial charge in [-0.15, -0.1) is 0 Å². The minimum Gasteiger partial charge on any atom is -0.331 e. The predicted molar refractivity (Wildman–Crippen MR) is 71.2 cm³/mol. The highest BCUT2D eigenvalue weighted by molar-refractivity contribution is 5.48. The van der Waals surface area contributed by atoms with Gasteiger partial charge in [-0.2, -0.15) is 0 Å². The maximum atomic E-state index is 10.8. The van der Waals surface area contributed by atoms with Crippen LogP contribution in [-0.2, 0) is 4.79 Å². The van der Waals surface area contributed by atoms with Crippen molar-refractivity contribution in [3.8, 4) is 0 Å². The average Bonchev–Trinajstić information content (AvgIpc) is 2.84. The van der Waals surface area contributed by atoms with E-state index in [0.29, 0.717) is 5.92 Å². The first-order valence-corrected chi connectivity index (χ1v) is 6.81. The Balaban J connectivity index is 1.63. The fraction of sp³-hybridized carbons (Fsp3) is 0.533. The van der Waals surface area contributed by atoms with Crippen LogP contribution < -0.4 is 5.32 Å². The van der Waals surface area contributed by atoms with Crippen LogP contribution in [0.4, 0.5) is 0 Å². The largest absolute Gasteiger partial charge is 0.331 e. The van der Waals surface area contributed by atoms with Gasteiger partial charge in [0.1, 0.15) is 0 Å². The van der Waals surface area contributed by atoms with E-state index in [1.54, 1.807) is 0 Å². The average molecular weight is 244 g/mol. The van der Waals surface area contributed by atoms with Crippen molar-refractivity contribution in [1.29, 1.82) is 0 Å². The summed E-state index contributed by atoms with van der Waals surface area (Å²) >= 11 is 0. The molecule has 1 aliphatic carbocycles. The van der Waals surface area contributed by atoms with Gasteiger partial charge in [-0.05, 0) is 37.2 Å². The van der Waals surface area contributed by atoms with Gasteiger partial charge < -0.3 is 4.90 Å². The fourth-order valence-corrected chi connectivity index (χ4v) is 3.41. The van der Waals surface area contributed by atoms with Gasteiger partial charge >= 0.3 is 0 Å². The van der Waals surface area contributed by atoms with Gasteiger partial charge in [0, 0.05) is 12.1 Å². The zero-order valence-electron chi connectivity index (χ0n) is 10.6. The van der Waals surface area contributed by atoms with Gasteiger partial charge in [-0.25, -0.2) is 0 Å². The lowest BCUT2D eigenvalue weighted by atomic mass is 9.74. The Morgan fingerprint density at radius 1 is 1.22 bits per heavy atom. The van der Waals surface area contributed by atoms with Crippen LogP contribution in [0.25, 0.3) is 0 Å². The molecule has 1 N–H and O–H groups in total. The number of hydrogen-bond donors (Lipinski definition) is 1. The molecular formula is C15H20N2O. The smallest absolute Gasteiger partial charge is 0.210 e. The number of benzene rings is 1. The van der Waals surface area contributed by atoms with Crippen molar-refractivity contribution in [3.05, 3.63) is 35.9 Å². The summed E-state index contributed by atoms with van der Waals surface area (Å²) < 4.78 is 0. The SMILES string of the molecule is O=CN1CNC2(CCC(c3ccccc3)CC2)C1. The first kappa shape index (κ1) is 11.7. The highest BCUT2D eigenvalue weighted by Gasteiger charge is 2.40. The molecule has 0 atom stereocenters. The molecule has 0 aromatic heterocycles. The summed E-state index contributed by atoms with van der Waals surface area (Å²) in [7, 11) is 0. The Bertz CT molecular complexity index is 410. The van der Waals surface area contributed by atoms with Crippen molar-refractivity contribution in [2.45, 2.75) is 37.1 Å². The Morgan fingerprint density at radius 3 is 2.56 bits per heavy atom. The number of nitrogens with one attached hydrogen (secondary N) is 1. The maximum Gasteiger partial charge on any atom is 0.210 e. The number of nitrogens with zero attached hydrogens (tertiary/aromatic N) is 1. The van der Waals surface area contributed by atoms with Crippen LogP contribution in [0.15, 0.2) is 30.3 Å². The molecule has 0 radical (unpaired) electrons. The van der Waals surface area contributed by atoms with Crippen LogP contribution in [0, 0.1) is 0 Å². The third-order valence-electron chi connectivity index (χ3n) is 4.53. The molecule has 3 heteroatoms. The summed E-state index contributed by atoms with van der Waals surface area (Å²) in [5.74, 6) is 0.698. The summed E-state index contributed by atoms with van der Waals surface area (Å²) in [6.07, 6.45) is 5.77. The van der Waals surface area contributed by atoms with E-state index in [0.717, 1.165) is 19.6 Å². The molecule has 1 saturated carbocycles. The molecule has 2 fully saturated rings. The number of hydrogen-bond acceptors (Lipinski definition) is 2. The third-order valence-corrected chi connectivity index (χ3v) is 4.53. The molecule has 3 nitrogen and oxygen atoms in total. The van der Waals surface area contributed by atoms with Crippen molar-refractivity contribution in [2.75, 3.05) is 13.2 Å². The summed E-state index contributed by atoms with van der Waals surface area (Å²) in [6, 6.07) is 10.8. The topological polar surface area (TPSA) is 32.3 Å². The number of amides is 1. The van der Waals surface area contributed by atoms with Gasteiger partial charge in [0.2, 0.25) is 6.41 Å². The van der Waals surface area contributed by atoms with Crippen LogP contribution in [0.2, 0.25) is 0 Å². The summed E-state index contributed by atoms with van der Waals surface area (Å²) in [5, 5.41) is 3.54. The van der Waals surface area contributed by atoms with E-state index >= 15 is 0 Å². The summed E-state index contributed by atoms with van der Waals surface area (Å²) in [6.45, 7) is 1.61. The standard InChI is InChI=1S/C15H20N2O/c18-12-17-10-15(16-11-17)8-6-14(7-9-15)13-4-2-1-3-5-13/h1-5,12,14,16H,6-11H2. The van der Waals surface area contributed by atoms with Crippen molar-refractivity contribution in [3.63, 3.8) is 0 Å². The van der Waals surface area contributed by atoms with Gasteiger partial charge in [0.25, 0.3) is 0 Å². The molecule has 1 aromatic rings. The van der Waals surface area contributed by atoms with E-state index in [1.165, 1.54) is 31.2 Å². The number of rotatable bonds is 2. The minimum absolute atomic E-state index is 0.201. The summed E-state index contributed by atoms with van der Waals surface area (Å²) in [4.78, 5) is 12.7. The normalized spacial score (nSPS) is 31.8. The number of carbonyl (C=O) groups excluding carboxylic acids is 1. The zero-order valence-corrected chi connectivity index (χ0v) is 10.6. The minimum atomic E-state index is 0.201. The molecule has 1 heterocycles. The molecule has 1 spiro atoms. The molecule has 1 aliphatic heterocycles. The molecule has 18 heavy (non-hydrogen) atoms. The Morgan fingerprint density at radius 2 is 1.94 bits per heavy atom. The molecule has 96 valence electrons. The molecule has 0 bridgehead atoms. The first-order chi connectivity index (χ1) is 8.81. The van der Waals surface area contributed by atoms with E-state index in [-0.39, 0.29) is 5.54 Å². The molecule has 1 amide bonds. The van der Waals surface area contributed by atoms with Crippen LogP contribution in [0.3, 0.4) is 0 Å². The van der Waals surface area contributed by atoms with E-state index in [9.17, 15) is 4.79 Å². The molecular weight excluding hydrogens is 224 g/mol. The van der Waals surface area contributed by atoms with Crippen LogP contribution >= 0.6 is 0 Å². The lowest BCUT2D eigenvalue weighted by Gasteiger charge is -2.37. The first-order valence-electron chi connectivity index (χ1n) is 6.81. The number of carbonyl (C=O) groups is 1. The van der Waals surface area contributed by atoms with E-state index < -0.39 is 0 Å². The van der Waals surface area contributed by atoms with Crippen molar-refractivity contribution < 1.29 is 4.79 Å². The highest BCUT2D eigenvalue weighted by Crippen LogP contribution is 2.39. The highest BCUT2D eigenvalue weighted by atomic mass is 16.1. The van der Waals surface area contributed by atoms with Crippen molar-refractivity contribution in [1.82, 2.24) is 10.2 Å². The van der Waals surface area contributed by atoms with E-state index in [4.69, 9.17) is 0 Å². The lowest BCUT2D eigenvalue weighted by molar-refractivity contribution is -0.117. The van der Waals surface area contributed by atoms with E-state index in [1.807, 2.05) is 4.90 Å². The Labute approximate surface area is 108 Å². The molecule has 3 rings (SSSR count). The second-order valence-corrected chi connectivity index (χ2v) is 5.65. The van der Waals surface area contributed by atoms with Crippen LogP contribution in [0.1, 0.15) is 37.2 Å².